The SMILES string of the molecule is COc1cc(Br)ccc1C(Br)c1ccc2[nH]c(=O)[nH]c2c1. The van der Waals surface area contributed by atoms with Crippen LogP contribution in [0.15, 0.2) is 45.7 Å². The Morgan fingerprint density at radius 2 is 1.86 bits per heavy atom. The largest absolute Gasteiger partial charge is 0.496 e. The highest BCUT2D eigenvalue weighted by atomic mass is 79.9. The van der Waals surface area contributed by atoms with E-state index in [-0.39, 0.29) is 10.5 Å². The molecule has 1 unspecified atom stereocenters. The number of alkyl halides is 1. The first kappa shape index (κ1) is 14.4. The molecular formula is C15H12Br2N2O2. The minimum absolute atomic E-state index is 0.0247. The maximum atomic E-state index is 11.3. The van der Waals surface area contributed by atoms with Crippen molar-refractivity contribution in [3.8, 4) is 5.75 Å². The van der Waals surface area contributed by atoms with Gasteiger partial charge in [0.1, 0.15) is 5.75 Å². The van der Waals surface area contributed by atoms with Crippen LogP contribution in [0.3, 0.4) is 0 Å². The first-order valence-corrected chi connectivity index (χ1v) is 7.99. The molecule has 21 heavy (non-hydrogen) atoms. The molecule has 0 radical (unpaired) electrons. The van der Waals surface area contributed by atoms with Gasteiger partial charge in [-0.05, 0) is 29.8 Å². The summed E-state index contributed by atoms with van der Waals surface area (Å²) in [6, 6.07) is 11.7. The molecule has 1 heterocycles. The second-order valence-electron chi connectivity index (χ2n) is 4.63. The third kappa shape index (κ3) is 2.78. The molecule has 4 nitrogen and oxygen atoms in total. The van der Waals surface area contributed by atoms with Gasteiger partial charge in [-0.2, -0.15) is 0 Å². The molecule has 0 bridgehead atoms. The Morgan fingerprint density at radius 3 is 2.62 bits per heavy atom. The molecule has 0 amide bonds. The lowest BCUT2D eigenvalue weighted by Gasteiger charge is -2.15. The number of benzene rings is 2. The van der Waals surface area contributed by atoms with Crippen LogP contribution in [0.2, 0.25) is 0 Å². The average Bonchev–Trinajstić information content (AvgIpc) is 2.85. The topological polar surface area (TPSA) is 57.9 Å². The van der Waals surface area contributed by atoms with Crippen LogP contribution in [0.1, 0.15) is 16.0 Å². The monoisotopic (exact) mass is 410 g/mol. The number of H-pyrrole nitrogens is 2. The van der Waals surface area contributed by atoms with Crippen LogP contribution in [0, 0.1) is 0 Å². The van der Waals surface area contributed by atoms with E-state index in [2.05, 4.69) is 41.8 Å². The second-order valence-corrected chi connectivity index (χ2v) is 6.46. The molecule has 3 aromatic rings. The molecule has 1 aromatic heterocycles. The molecule has 0 fully saturated rings. The smallest absolute Gasteiger partial charge is 0.323 e. The number of hydrogen-bond acceptors (Lipinski definition) is 2. The average molecular weight is 412 g/mol. The minimum Gasteiger partial charge on any atom is -0.496 e. The first-order valence-electron chi connectivity index (χ1n) is 6.28. The summed E-state index contributed by atoms with van der Waals surface area (Å²) in [6.45, 7) is 0. The number of ether oxygens (including phenoxy) is 1. The number of aromatic nitrogens is 2. The number of methoxy groups -OCH3 is 1. The maximum Gasteiger partial charge on any atom is 0.323 e. The van der Waals surface area contributed by atoms with Crippen LogP contribution in [-0.2, 0) is 0 Å². The number of halogens is 2. The summed E-state index contributed by atoms with van der Waals surface area (Å²) in [7, 11) is 1.65. The highest BCUT2D eigenvalue weighted by Crippen LogP contribution is 2.38. The van der Waals surface area contributed by atoms with E-state index in [4.69, 9.17) is 4.74 Å². The zero-order valence-corrected chi connectivity index (χ0v) is 14.3. The van der Waals surface area contributed by atoms with E-state index >= 15 is 0 Å². The van der Waals surface area contributed by atoms with E-state index in [1.165, 1.54) is 0 Å². The predicted octanol–water partition coefficient (Wildman–Crippen LogP) is 4.11. The zero-order valence-electron chi connectivity index (χ0n) is 11.1. The van der Waals surface area contributed by atoms with Gasteiger partial charge in [-0.15, -0.1) is 0 Å². The molecule has 2 N–H and O–H groups in total. The maximum absolute atomic E-state index is 11.3. The Hall–Kier alpha value is -1.53. The summed E-state index contributed by atoms with van der Waals surface area (Å²) < 4.78 is 6.40. The van der Waals surface area contributed by atoms with E-state index in [9.17, 15) is 4.79 Å². The highest BCUT2D eigenvalue weighted by Gasteiger charge is 2.16. The Kier molecular flexibility index (Phi) is 3.91. The molecular weight excluding hydrogens is 400 g/mol. The molecule has 0 aliphatic heterocycles. The van der Waals surface area contributed by atoms with Crippen molar-refractivity contribution in [3.63, 3.8) is 0 Å². The summed E-state index contributed by atoms with van der Waals surface area (Å²) in [6.07, 6.45) is 0. The molecule has 0 aliphatic carbocycles. The Balaban J connectivity index is 2.07. The lowest BCUT2D eigenvalue weighted by molar-refractivity contribution is 0.410. The standard InChI is InChI=1S/C15H12Br2N2O2/c1-21-13-7-9(16)3-4-10(13)14(17)8-2-5-11-12(6-8)19-15(20)18-11/h2-7,14H,1H3,(H2,18,19,20). The quantitative estimate of drug-likeness (QED) is 0.637. The molecule has 1 atom stereocenters. The van der Waals surface area contributed by atoms with E-state index in [1.54, 1.807) is 7.11 Å². The third-order valence-corrected chi connectivity index (χ3v) is 4.82. The second kappa shape index (κ2) is 5.69. The van der Waals surface area contributed by atoms with Gasteiger partial charge in [-0.1, -0.05) is 44.0 Å². The summed E-state index contributed by atoms with van der Waals surface area (Å²) >= 11 is 7.14. The van der Waals surface area contributed by atoms with Crippen molar-refractivity contribution < 1.29 is 4.74 Å². The molecule has 3 rings (SSSR count). The molecule has 0 spiro atoms. The fourth-order valence-corrected chi connectivity index (χ4v) is 3.28. The fraction of sp³-hybridized carbons (Fsp3) is 0.133. The van der Waals surface area contributed by atoms with Crippen molar-refractivity contribution >= 4 is 42.9 Å². The van der Waals surface area contributed by atoms with Gasteiger partial charge in [-0.25, -0.2) is 4.79 Å². The van der Waals surface area contributed by atoms with Gasteiger partial charge in [-0.3, -0.25) is 0 Å². The first-order chi connectivity index (χ1) is 10.1. The minimum atomic E-state index is -0.200. The van der Waals surface area contributed by atoms with Gasteiger partial charge in [0.15, 0.2) is 0 Å². The molecule has 0 saturated heterocycles. The van der Waals surface area contributed by atoms with Crippen molar-refractivity contribution in [2.75, 3.05) is 7.11 Å². The number of rotatable bonds is 3. The van der Waals surface area contributed by atoms with E-state index in [0.29, 0.717) is 0 Å². The van der Waals surface area contributed by atoms with Gasteiger partial charge in [0.05, 0.1) is 23.0 Å². The number of hydrogen-bond donors (Lipinski definition) is 2. The summed E-state index contributed by atoms with van der Waals surface area (Å²) in [5.74, 6) is 0.800. The van der Waals surface area contributed by atoms with Gasteiger partial charge >= 0.3 is 5.69 Å². The van der Waals surface area contributed by atoms with Crippen LogP contribution in [0.25, 0.3) is 11.0 Å². The van der Waals surface area contributed by atoms with Crippen LogP contribution in [0.4, 0.5) is 0 Å². The highest BCUT2D eigenvalue weighted by molar-refractivity contribution is 9.10. The van der Waals surface area contributed by atoms with Crippen LogP contribution in [-0.4, -0.2) is 17.1 Å². The van der Waals surface area contributed by atoms with E-state index < -0.39 is 0 Å². The van der Waals surface area contributed by atoms with Gasteiger partial charge in [0, 0.05) is 10.0 Å². The van der Waals surface area contributed by atoms with Crippen molar-refractivity contribution in [2.24, 2.45) is 0 Å². The molecule has 2 aromatic carbocycles. The zero-order chi connectivity index (χ0) is 15.0. The van der Waals surface area contributed by atoms with Gasteiger partial charge in [0.2, 0.25) is 0 Å². The van der Waals surface area contributed by atoms with Crippen molar-refractivity contribution in [3.05, 3.63) is 62.5 Å². The van der Waals surface area contributed by atoms with E-state index in [1.807, 2.05) is 36.4 Å². The summed E-state index contributed by atoms with van der Waals surface area (Å²) in [5.41, 5.74) is 3.45. The molecule has 0 aliphatic rings. The Bertz CT molecular complexity index is 854. The predicted molar refractivity (Wildman–Crippen MR) is 90.4 cm³/mol. The van der Waals surface area contributed by atoms with Crippen LogP contribution < -0.4 is 10.4 Å². The number of aromatic amines is 2. The lowest BCUT2D eigenvalue weighted by atomic mass is 10.0. The third-order valence-electron chi connectivity index (χ3n) is 3.30. The molecule has 0 saturated carbocycles. The van der Waals surface area contributed by atoms with Crippen LogP contribution in [0.5, 0.6) is 5.75 Å². The normalized spacial score (nSPS) is 12.5. The molecule has 108 valence electrons. The number of nitrogens with one attached hydrogen (secondary N) is 2. The van der Waals surface area contributed by atoms with Gasteiger partial charge in [0.25, 0.3) is 0 Å². The summed E-state index contributed by atoms with van der Waals surface area (Å²) in [5, 5.41) is 0. The Labute approximate surface area is 137 Å². The number of fused-ring (bicyclic) bond motifs is 1. The van der Waals surface area contributed by atoms with Crippen molar-refractivity contribution in [1.82, 2.24) is 9.97 Å². The summed E-state index contributed by atoms with van der Waals surface area (Å²) in [4.78, 5) is 16.8. The fourth-order valence-electron chi connectivity index (χ4n) is 2.28. The lowest BCUT2D eigenvalue weighted by Crippen LogP contribution is -1.99. The van der Waals surface area contributed by atoms with Crippen molar-refractivity contribution in [2.45, 2.75) is 4.83 Å². The van der Waals surface area contributed by atoms with E-state index in [0.717, 1.165) is 32.4 Å². The van der Waals surface area contributed by atoms with Crippen molar-refractivity contribution in [1.29, 1.82) is 0 Å². The van der Waals surface area contributed by atoms with Crippen LogP contribution >= 0.6 is 31.9 Å². The van der Waals surface area contributed by atoms with Gasteiger partial charge < -0.3 is 14.7 Å². The Morgan fingerprint density at radius 1 is 1.10 bits per heavy atom. The number of imidazole rings is 1. The molecule has 6 heteroatoms.